The van der Waals surface area contributed by atoms with E-state index in [0.717, 1.165) is 5.92 Å². The Kier molecular flexibility index (Phi) is 1.28. The van der Waals surface area contributed by atoms with Crippen molar-refractivity contribution in [3.05, 3.63) is 11.8 Å². The van der Waals surface area contributed by atoms with Crippen molar-refractivity contribution in [2.45, 2.75) is 13.8 Å². The summed E-state index contributed by atoms with van der Waals surface area (Å²) in [5, 5.41) is 0. The third-order valence-corrected chi connectivity index (χ3v) is 1.76. The van der Waals surface area contributed by atoms with E-state index in [0.29, 0.717) is 0 Å². The predicted molar refractivity (Wildman–Crippen MR) is 35.6 cm³/mol. The molecule has 0 aromatic rings. The summed E-state index contributed by atoms with van der Waals surface area (Å²) in [6.07, 6.45) is 2.21. The van der Waals surface area contributed by atoms with Gasteiger partial charge >= 0.3 is 0 Å². The summed E-state index contributed by atoms with van der Waals surface area (Å²) < 4.78 is 0. The molecule has 0 saturated carbocycles. The third-order valence-electron chi connectivity index (χ3n) is 1.76. The summed E-state index contributed by atoms with van der Waals surface area (Å²) in [7, 11) is 2.12. The molecule has 1 rings (SSSR count). The fraction of sp³-hybridized carbons (Fsp3) is 0.714. The Hall–Kier alpha value is -0.460. The molecule has 0 spiro atoms. The van der Waals surface area contributed by atoms with E-state index in [4.69, 9.17) is 0 Å². The summed E-state index contributed by atoms with van der Waals surface area (Å²) in [6.45, 7) is 5.65. The zero-order valence-corrected chi connectivity index (χ0v) is 5.81. The Bertz CT molecular complexity index is 116. The molecule has 0 aromatic carbocycles. The van der Waals surface area contributed by atoms with Crippen molar-refractivity contribution in [2.75, 3.05) is 13.6 Å². The lowest BCUT2D eigenvalue weighted by Crippen LogP contribution is -2.10. The zero-order chi connectivity index (χ0) is 6.15. The molecule has 8 heavy (non-hydrogen) atoms. The van der Waals surface area contributed by atoms with Crippen LogP contribution in [0.4, 0.5) is 0 Å². The van der Waals surface area contributed by atoms with Gasteiger partial charge in [-0.2, -0.15) is 0 Å². The summed E-state index contributed by atoms with van der Waals surface area (Å²) in [5.41, 5.74) is 1.51. The fourth-order valence-corrected chi connectivity index (χ4v) is 1.10. The number of rotatable bonds is 0. The van der Waals surface area contributed by atoms with Gasteiger partial charge in [-0.1, -0.05) is 12.5 Å². The van der Waals surface area contributed by atoms with Gasteiger partial charge in [0, 0.05) is 13.6 Å². The normalized spacial score (nSPS) is 28.6. The second-order valence-corrected chi connectivity index (χ2v) is 2.71. The maximum Gasteiger partial charge on any atom is 0.0232 e. The van der Waals surface area contributed by atoms with Crippen molar-refractivity contribution in [3.63, 3.8) is 0 Å². The smallest absolute Gasteiger partial charge is 0.0232 e. The van der Waals surface area contributed by atoms with Crippen LogP contribution in [0.2, 0.25) is 0 Å². The van der Waals surface area contributed by atoms with E-state index >= 15 is 0 Å². The maximum atomic E-state index is 2.26. The molecule has 0 amide bonds. The van der Waals surface area contributed by atoms with E-state index in [2.05, 4.69) is 32.0 Å². The van der Waals surface area contributed by atoms with Crippen LogP contribution in [-0.2, 0) is 0 Å². The number of nitrogens with zero attached hydrogens (tertiary/aromatic N) is 1. The summed E-state index contributed by atoms with van der Waals surface area (Å²) in [6, 6.07) is 0. The van der Waals surface area contributed by atoms with E-state index in [9.17, 15) is 0 Å². The Morgan fingerprint density at radius 2 is 2.38 bits per heavy atom. The molecule has 1 aliphatic rings. The first kappa shape index (κ1) is 5.67. The summed E-state index contributed by atoms with van der Waals surface area (Å²) >= 11 is 0. The molecule has 1 unspecified atom stereocenters. The highest BCUT2D eigenvalue weighted by Crippen LogP contribution is 2.17. The minimum atomic E-state index is 0.778. The maximum absolute atomic E-state index is 2.26. The second-order valence-electron chi connectivity index (χ2n) is 2.71. The average Bonchev–Trinajstić information content (AvgIpc) is 1.85. The van der Waals surface area contributed by atoms with Crippen molar-refractivity contribution < 1.29 is 0 Å². The van der Waals surface area contributed by atoms with Crippen LogP contribution < -0.4 is 0 Å². The van der Waals surface area contributed by atoms with Crippen molar-refractivity contribution in [1.82, 2.24) is 4.90 Å². The van der Waals surface area contributed by atoms with Gasteiger partial charge in [0.25, 0.3) is 0 Å². The van der Waals surface area contributed by atoms with E-state index in [-0.39, 0.29) is 0 Å². The Balaban J connectivity index is 2.59. The van der Waals surface area contributed by atoms with Gasteiger partial charge in [-0.05, 0) is 19.0 Å². The monoisotopic (exact) mass is 111 g/mol. The van der Waals surface area contributed by atoms with E-state index in [1.165, 1.54) is 12.1 Å². The van der Waals surface area contributed by atoms with E-state index in [1.807, 2.05) is 0 Å². The van der Waals surface area contributed by atoms with Crippen molar-refractivity contribution in [3.8, 4) is 0 Å². The SMILES string of the molecule is CC1=CN(C)CC1C. The van der Waals surface area contributed by atoms with Gasteiger partial charge in [-0.15, -0.1) is 0 Å². The van der Waals surface area contributed by atoms with Crippen molar-refractivity contribution in [1.29, 1.82) is 0 Å². The Morgan fingerprint density at radius 3 is 2.50 bits per heavy atom. The largest absolute Gasteiger partial charge is 0.380 e. The van der Waals surface area contributed by atoms with Crippen LogP contribution in [0.25, 0.3) is 0 Å². The molecule has 0 N–H and O–H groups in total. The zero-order valence-electron chi connectivity index (χ0n) is 5.81. The minimum Gasteiger partial charge on any atom is -0.380 e. The van der Waals surface area contributed by atoms with Gasteiger partial charge in [-0.25, -0.2) is 0 Å². The van der Waals surface area contributed by atoms with Crippen molar-refractivity contribution >= 4 is 0 Å². The molecule has 0 fully saturated rings. The molecule has 1 atom stereocenters. The molecule has 0 bridgehead atoms. The lowest BCUT2D eigenvalue weighted by Gasteiger charge is -2.06. The molecule has 1 nitrogen and oxygen atoms in total. The highest BCUT2D eigenvalue weighted by molar-refractivity contribution is 5.07. The van der Waals surface area contributed by atoms with Crippen LogP contribution in [0.3, 0.4) is 0 Å². The standard InChI is InChI=1S/C7H13N/c1-6-4-8(3)5-7(6)2/h4,7H,5H2,1-3H3. The first-order valence-corrected chi connectivity index (χ1v) is 3.08. The van der Waals surface area contributed by atoms with Crippen LogP contribution in [0.5, 0.6) is 0 Å². The van der Waals surface area contributed by atoms with Gasteiger partial charge < -0.3 is 4.90 Å². The molecule has 46 valence electrons. The molecular formula is C7H13N. The number of hydrogen-bond acceptors (Lipinski definition) is 1. The molecular weight excluding hydrogens is 98.1 g/mol. The lowest BCUT2D eigenvalue weighted by atomic mass is 10.1. The van der Waals surface area contributed by atoms with Crippen LogP contribution >= 0.6 is 0 Å². The third kappa shape index (κ3) is 0.857. The fourth-order valence-electron chi connectivity index (χ4n) is 1.10. The van der Waals surface area contributed by atoms with Gasteiger partial charge in [0.2, 0.25) is 0 Å². The van der Waals surface area contributed by atoms with E-state index < -0.39 is 0 Å². The highest BCUT2D eigenvalue weighted by Gasteiger charge is 2.12. The molecule has 1 aliphatic heterocycles. The van der Waals surface area contributed by atoms with Crippen LogP contribution in [0.1, 0.15) is 13.8 Å². The van der Waals surface area contributed by atoms with E-state index in [1.54, 1.807) is 0 Å². The first-order chi connectivity index (χ1) is 3.70. The van der Waals surface area contributed by atoms with Crippen LogP contribution in [0.15, 0.2) is 11.8 Å². The van der Waals surface area contributed by atoms with Crippen molar-refractivity contribution in [2.24, 2.45) is 5.92 Å². The molecule has 0 radical (unpaired) electrons. The van der Waals surface area contributed by atoms with Gasteiger partial charge in [0.1, 0.15) is 0 Å². The lowest BCUT2D eigenvalue weighted by molar-refractivity contribution is 0.448. The summed E-state index contributed by atoms with van der Waals surface area (Å²) in [5.74, 6) is 0.778. The quantitative estimate of drug-likeness (QED) is 0.457. The van der Waals surface area contributed by atoms with Gasteiger partial charge in [-0.3, -0.25) is 0 Å². The molecule has 1 heteroatoms. The molecule has 0 aliphatic carbocycles. The average molecular weight is 111 g/mol. The summed E-state index contributed by atoms with van der Waals surface area (Å²) in [4.78, 5) is 2.24. The second kappa shape index (κ2) is 1.81. The Morgan fingerprint density at radius 1 is 1.75 bits per heavy atom. The molecule has 0 aromatic heterocycles. The highest BCUT2D eigenvalue weighted by atomic mass is 15.1. The molecule has 0 saturated heterocycles. The number of hydrogen-bond donors (Lipinski definition) is 0. The first-order valence-electron chi connectivity index (χ1n) is 3.08. The topological polar surface area (TPSA) is 3.24 Å². The van der Waals surface area contributed by atoms with Gasteiger partial charge in [0.15, 0.2) is 0 Å². The Labute approximate surface area is 51.0 Å². The van der Waals surface area contributed by atoms with Gasteiger partial charge in [0.05, 0.1) is 0 Å². The predicted octanol–water partition coefficient (Wildman–Crippen LogP) is 1.47. The van der Waals surface area contributed by atoms with Crippen LogP contribution in [0, 0.1) is 5.92 Å². The minimum absolute atomic E-state index is 0.778. The molecule has 1 heterocycles. The van der Waals surface area contributed by atoms with Crippen LogP contribution in [-0.4, -0.2) is 18.5 Å².